The molecule has 1 aromatic heterocycles. The third-order valence-electron chi connectivity index (χ3n) is 19.2. The lowest BCUT2D eigenvalue weighted by atomic mass is 9.34. The van der Waals surface area contributed by atoms with Gasteiger partial charge in [0, 0.05) is 50.1 Å². The molecule has 0 saturated carbocycles. The van der Waals surface area contributed by atoms with Crippen LogP contribution in [-0.2, 0) is 16.2 Å². The summed E-state index contributed by atoms with van der Waals surface area (Å²) in [6, 6.07) is 111. The summed E-state index contributed by atoms with van der Waals surface area (Å²) in [5, 5.41) is 6.58. The molecule has 0 spiro atoms. The van der Waals surface area contributed by atoms with Crippen LogP contribution < -0.4 is 26.6 Å². The van der Waals surface area contributed by atoms with Crippen molar-refractivity contribution in [1.82, 2.24) is 0 Å². The summed E-state index contributed by atoms with van der Waals surface area (Å²) < 4.78 is 6.38. The normalized spacial score (nSPS) is 12.5. The number of hydrogen-bond donors (Lipinski definition) is 1. The zero-order valence-corrected chi connectivity index (χ0v) is 55.2. The Balaban J connectivity index is 1.03. The highest BCUT2D eigenvalue weighted by molar-refractivity contribution is 6.99. The number of anilines is 5. The molecule has 0 bridgehead atoms. The summed E-state index contributed by atoms with van der Waals surface area (Å²) in [4.78, 5) is 2.66. The number of rotatable bonds is 11. The van der Waals surface area contributed by atoms with Crippen molar-refractivity contribution >= 4 is 73.5 Å². The first-order valence-electron chi connectivity index (χ1n) is 33.2. The molecule has 94 heavy (non-hydrogen) atoms. The van der Waals surface area contributed by atoms with Crippen LogP contribution in [0.15, 0.2) is 302 Å². The van der Waals surface area contributed by atoms with Gasteiger partial charge in [0.15, 0.2) is 0 Å². The second-order valence-electron chi connectivity index (χ2n) is 28.6. The van der Waals surface area contributed by atoms with E-state index in [4.69, 9.17) is 4.42 Å². The zero-order chi connectivity index (χ0) is 64.5. The van der Waals surface area contributed by atoms with Crippen molar-refractivity contribution in [3.63, 3.8) is 0 Å². The quantitative estimate of drug-likeness (QED) is 0.131. The van der Waals surface area contributed by atoms with Crippen LogP contribution in [0.2, 0.25) is 0 Å². The van der Waals surface area contributed by atoms with Crippen LogP contribution in [0.1, 0.15) is 79.0 Å². The highest BCUT2D eigenvalue weighted by atomic mass is 16.3. The van der Waals surface area contributed by atoms with Gasteiger partial charge < -0.3 is 14.6 Å². The molecule has 0 fully saturated rings. The number of nitrogens with zero attached hydrogens (tertiary/aromatic N) is 1. The van der Waals surface area contributed by atoms with Crippen LogP contribution in [-0.4, -0.2) is 6.71 Å². The Morgan fingerprint density at radius 3 is 1.30 bits per heavy atom. The molecule has 3 nitrogen and oxygen atoms in total. The average molecular weight is 1210 g/mol. The van der Waals surface area contributed by atoms with Crippen molar-refractivity contribution in [2.75, 3.05) is 10.2 Å². The molecule has 13 aromatic carbocycles. The van der Waals surface area contributed by atoms with E-state index in [1.165, 1.54) is 38.6 Å². The van der Waals surface area contributed by atoms with Crippen molar-refractivity contribution in [3.05, 3.63) is 314 Å². The molecule has 1 N–H and O–H groups in total. The largest absolute Gasteiger partial charge is 0.456 e. The van der Waals surface area contributed by atoms with Crippen molar-refractivity contribution in [2.45, 2.75) is 78.6 Å². The minimum atomic E-state index is -0.269. The van der Waals surface area contributed by atoms with Gasteiger partial charge in [-0.15, -0.1) is 0 Å². The third kappa shape index (κ3) is 11.2. The SMILES string of the molecule is CC(C)(C)c1cc(-c2ccccc2)c(Nc2ccc(-c3ccccc3)cc2B2c3cc(-c4ccccc4)ccc3N(c3c(-c4ccccc4)cc(C(C)(C)C)cc3-c3cccc(-c4ccc5oc6ccccc6c5c4)c3)c3cc(C(C)(C)C)ccc32)c(-c2ccccc2)c1. The molecule has 456 valence electrons. The molecule has 0 atom stereocenters. The highest BCUT2D eigenvalue weighted by Crippen LogP contribution is 2.51. The van der Waals surface area contributed by atoms with Gasteiger partial charge in [-0.1, -0.05) is 293 Å². The summed E-state index contributed by atoms with van der Waals surface area (Å²) >= 11 is 0. The van der Waals surface area contributed by atoms with Crippen molar-refractivity contribution in [2.24, 2.45) is 0 Å². The maximum Gasteiger partial charge on any atom is 0.249 e. The van der Waals surface area contributed by atoms with E-state index in [0.29, 0.717) is 0 Å². The van der Waals surface area contributed by atoms with E-state index >= 15 is 0 Å². The van der Waals surface area contributed by atoms with E-state index in [1.54, 1.807) is 0 Å². The molecule has 0 radical (unpaired) electrons. The monoisotopic (exact) mass is 1210 g/mol. The van der Waals surface area contributed by atoms with Gasteiger partial charge in [0.2, 0.25) is 6.71 Å². The fourth-order valence-corrected chi connectivity index (χ4v) is 14.0. The number of nitrogens with one attached hydrogen (secondary N) is 1. The predicted octanol–water partition coefficient (Wildman–Crippen LogP) is 23.2. The van der Waals surface area contributed by atoms with E-state index in [2.05, 4.69) is 364 Å². The summed E-state index contributed by atoms with van der Waals surface area (Å²) in [6.45, 7) is 20.8. The van der Waals surface area contributed by atoms with E-state index < -0.39 is 0 Å². The Kier molecular flexibility index (Phi) is 15.1. The maximum atomic E-state index is 6.38. The Hall–Kier alpha value is -10.7. The van der Waals surface area contributed by atoms with Crippen LogP contribution in [0.5, 0.6) is 0 Å². The van der Waals surface area contributed by atoms with Gasteiger partial charge in [0.05, 0.1) is 11.4 Å². The van der Waals surface area contributed by atoms with Crippen LogP contribution in [0.4, 0.5) is 28.4 Å². The Morgan fingerprint density at radius 1 is 0.287 bits per heavy atom. The van der Waals surface area contributed by atoms with Gasteiger partial charge >= 0.3 is 0 Å². The first-order chi connectivity index (χ1) is 45.5. The molecule has 0 saturated heterocycles. The average Bonchev–Trinajstić information content (AvgIpc) is 0.830. The minimum absolute atomic E-state index is 0.126. The Bertz CT molecular complexity index is 5090. The van der Waals surface area contributed by atoms with E-state index in [-0.39, 0.29) is 23.0 Å². The molecule has 0 aliphatic carbocycles. The number of benzene rings is 13. The van der Waals surface area contributed by atoms with Crippen molar-refractivity contribution in [3.8, 4) is 77.9 Å². The molecular formula is C90H77BN2O. The van der Waals surface area contributed by atoms with Crippen LogP contribution >= 0.6 is 0 Å². The predicted molar refractivity (Wildman–Crippen MR) is 403 cm³/mol. The van der Waals surface area contributed by atoms with Gasteiger partial charge in [-0.25, -0.2) is 0 Å². The molecule has 1 aliphatic rings. The van der Waals surface area contributed by atoms with Gasteiger partial charge in [-0.3, -0.25) is 0 Å². The van der Waals surface area contributed by atoms with Gasteiger partial charge in [0.25, 0.3) is 0 Å². The van der Waals surface area contributed by atoms with Crippen molar-refractivity contribution < 1.29 is 4.42 Å². The summed E-state index contributed by atoms with van der Waals surface area (Å²) in [5.74, 6) is 0. The van der Waals surface area contributed by atoms with Gasteiger partial charge in [0.1, 0.15) is 11.2 Å². The number of hydrogen-bond acceptors (Lipinski definition) is 3. The Morgan fingerprint density at radius 2 is 0.723 bits per heavy atom. The molecule has 1 aliphatic heterocycles. The standard InChI is InChI=1S/C90H77BN2O/c1-88(2,3)69-45-46-78-83(58-69)93(87-75(63-36-23-14-24-37-63)56-71(90(7,8)9)57-76(87)68-39-27-38-64(50-68)65-44-49-85-77(51-65)72-40-25-26-41-84(72)94-85)82-48-43-67(60-30-17-11-18-31-60)53-80(82)91(78)79-52-66(59-28-15-10-16-29-59)42-47-81(79)92-86-73(61-32-19-12-20-33-61)54-70(89(4,5)6)55-74(86)62-34-21-13-22-35-62/h10-58,92H,1-9H3. The lowest BCUT2D eigenvalue weighted by molar-refractivity contribution is 0.590. The molecular weight excluding hydrogens is 1140 g/mol. The molecule has 15 rings (SSSR count). The third-order valence-corrected chi connectivity index (χ3v) is 19.2. The number of para-hydroxylation sites is 1. The number of fused-ring (bicyclic) bond motifs is 5. The van der Waals surface area contributed by atoms with Gasteiger partial charge in [-0.2, -0.15) is 0 Å². The number of furan rings is 1. The first kappa shape index (κ1) is 59.6. The maximum absolute atomic E-state index is 6.38. The van der Waals surface area contributed by atoms with E-state index in [9.17, 15) is 0 Å². The summed E-state index contributed by atoms with van der Waals surface area (Å²) in [5.41, 5.74) is 30.3. The first-order valence-corrected chi connectivity index (χ1v) is 33.2. The summed E-state index contributed by atoms with van der Waals surface area (Å²) in [6.07, 6.45) is 0. The van der Waals surface area contributed by atoms with E-state index in [1.807, 2.05) is 6.07 Å². The van der Waals surface area contributed by atoms with E-state index in [0.717, 1.165) is 123 Å². The smallest absolute Gasteiger partial charge is 0.249 e. The van der Waals surface area contributed by atoms with Crippen molar-refractivity contribution in [1.29, 1.82) is 0 Å². The highest BCUT2D eigenvalue weighted by Gasteiger charge is 2.40. The molecule has 2 heterocycles. The molecule has 14 aromatic rings. The second-order valence-corrected chi connectivity index (χ2v) is 28.6. The molecule has 0 unspecified atom stereocenters. The lowest BCUT2D eigenvalue weighted by Gasteiger charge is -2.41. The Labute approximate surface area is 555 Å². The lowest BCUT2D eigenvalue weighted by Crippen LogP contribution is -2.58. The summed E-state index contributed by atoms with van der Waals surface area (Å²) in [7, 11) is 0. The molecule has 0 amide bonds. The fourth-order valence-electron chi connectivity index (χ4n) is 14.0. The molecule has 4 heteroatoms. The zero-order valence-electron chi connectivity index (χ0n) is 55.2. The van der Waals surface area contributed by atoms with Gasteiger partial charge in [-0.05, 0) is 172 Å². The van der Waals surface area contributed by atoms with Crippen LogP contribution in [0, 0.1) is 0 Å². The van der Waals surface area contributed by atoms with Crippen LogP contribution in [0.3, 0.4) is 0 Å². The minimum Gasteiger partial charge on any atom is -0.456 e. The topological polar surface area (TPSA) is 28.4 Å². The fraction of sp³-hybridized carbons (Fsp3) is 0.133. The second kappa shape index (κ2) is 23.8. The van der Waals surface area contributed by atoms with Crippen LogP contribution in [0.25, 0.3) is 99.8 Å².